The van der Waals surface area contributed by atoms with Crippen molar-refractivity contribution >= 4 is 5.91 Å². The van der Waals surface area contributed by atoms with E-state index in [1.54, 1.807) is 17.8 Å². The molecule has 0 saturated heterocycles. The lowest BCUT2D eigenvalue weighted by atomic mass is 10.3. The number of carbonyl (C=O) groups is 1. The zero-order valence-electron chi connectivity index (χ0n) is 8.46. The van der Waals surface area contributed by atoms with Gasteiger partial charge in [-0.15, -0.1) is 0 Å². The number of hydrogen-bond donors (Lipinski definition) is 1. The molecule has 0 aliphatic heterocycles. The van der Waals surface area contributed by atoms with Gasteiger partial charge < -0.3 is 5.32 Å². The van der Waals surface area contributed by atoms with E-state index in [9.17, 15) is 4.79 Å². The van der Waals surface area contributed by atoms with Crippen LogP contribution in [0, 0.1) is 6.92 Å². The van der Waals surface area contributed by atoms with Crippen molar-refractivity contribution < 1.29 is 4.79 Å². The first-order valence-corrected chi connectivity index (χ1v) is 4.34. The fourth-order valence-corrected chi connectivity index (χ4v) is 1.21. The van der Waals surface area contributed by atoms with Gasteiger partial charge in [0, 0.05) is 13.1 Å². The van der Waals surface area contributed by atoms with E-state index in [2.05, 4.69) is 10.4 Å². The Hall–Kier alpha value is -1.32. The van der Waals surface area contributed by atoms with Crippen molar-refractivity contribution in [1.82, 2.24) is 15.1 Å². The average Bonchev–Trinajstić information content (AvgIpc) is 2.46. The highest BCUT2D eigenvalue weighted by molar-refractivity contribution is 5.92. The Balaban J connectivity index is 3.11. The van der Waals surface area contributed by atoms with Gasteiger partial charge in [-0.1, -0.05) is 0 Å². The number of aromatic nitrogens is 2. The Morgan fingerprint density at radius 3 is 2.69 bits per heavy atom. The molecule has 0 spiro atoms. The van der Waals surface area contributed by atoms with E-state index in [4.69, 9.17) is 0 Å². The largest absolute Gasteiger partial charge is 0.354 e. The lowest BCUT2D eigenvalue weighted by Crippen LogP contribution is -2.22. The summed E-state index contributed by atoms with van der Waals surface area (Å²) < 4.78 is 1.73. The van der Waals surface area contributed by atoms with Gasteiger partial charge in [0.15, 0.2) is 0 Å². The van der Waals surface area contributed by atoms with E-state index >= 15 is 0 Å². The molecule has 1 N–H and O–H groups in total. The predicted octanol–water partition coefficient (Wildman–Crippen LogP) is 1.13. The third-order valence-electron chi connectivity index (χ3n) is 1.81. The maximum atomic E-state index is 11.4. The summed E-state index contributed by atoms with van der Waals surface area (Å²) in [6.45, 7) is 5.88. The molecule has 0 saturated carbocycles. The molecule has 1 aromatic heterocycles. The number of amides is 1. The normalized spacial score (nSPS) is 10.5. The van der Waals surface area contributed by atoms with Gasteiger partial charge in [0.1, 0.15) is 5.69 Å². The Bertz CT molecular complexity index is 315. The van der Waals surface area contributed by atoms with Crippen molar-refractivity contribution in [3.05, 3.63) is 17.5 Å². The summed E-state index contributed by atoms with van der Waals surface area (Å²) >= 11 is 0. The summed E-state index contributed by atoms with van der Waals surface area (Å²) in [7, 11) is 1.62. The van der Waals surface area contributed by atoms with Crippen LogP contribution in [0.4, 0.5) is 0 Å². The van der Waals surface area contributed by atoms with Gasteiger partial charge in [0.05, 0.1) is 5.69 Å². The van der Waals surface area contributed by atoms with Crippen LogP contribution in [0.5, 0.6) is 0 Å². The van der Waals surface area contributed by atoms with E-state index in [1.807, 2.05) is 20.8 Å². The highest BCUT2D eigenvalue weighted by Gasteiger charge is 2.13. The minimum atomic E-state index is -0.0886. The summed E-state index contributed by atoms with van der Waals surface area (Å²) in [5.74, 6) is -0.0886. The number of hydrogen-bond acceptors (Lipinski definition) is 2. The molecule has 13 heavy (non-hydrogen) atoms. The summed E-state index contributed by atoms with van der Waals surface area (Å²) in [4.78, 5) is 11.4. The van der Waals surface area contributed by atoms with Crippen LogP contribution in [-0.4, -0.2) is 22.7 Å². The molecule has 0 bridgehead atoms. The highest BCUT2D eigenvalue weighted by Crippen LogP contribution is 2.10. The zero-order valence-corrected chi connectivity index (χ0v) is 8.46. The van der Waals surface area contributed by atoms with E-state index < -0.39 is 0 Å². The van der Waals surface area contributed by atoms with Crippen molar-refractivity contribution in [3.8, 4) is 0 Å². The lowest BCUT2D eigenvalue weighted by Gasteiger charge is -2.09. The quantitative estimate of drug-likeness (QED) is 0.743. The Labute approximate surface area is 77.9 Å². The molecular formula is C9H15N3O. The molecule has 0 unspecified atom stereocenters. The SMILES string of the molecule is CNC(=O)c1cc(C)nn1C(C)C. The maximum Gasteiger partial charge on any atom is 0.269 e. The first-order chi connectivity index (χ1) is 6.06. The van der Waals surface area contributed by atoms with Crippen molar-refractivity contribution in [2.45, 2.75) is 26.8 Å². The van der Waals surface area contributed by atoms with E-state index in [0.717, 1.165) is 5.69 Å². The highest BCUT2D eigenvalue weighted by atomic mass is 16.1. The van der Waals surface area contributed by atoms with Gasteiger partial charge in [-0.25, -0.2) is 0 Å². The summed E-state index contributed by atoms with van der Waals surface area (Å²) in [6, 6.07) is 2.00. The van der Waals surface area contributed by atoms with Gasteiger partial charge >= 0.3 is 0 Å². The number of aryl methyl sites for hydroxylation is 1. The van der Waals surface area contributed by atoms with Crippen LogP contribution in [0.1, 0.15) is 36.1 Å². The van der Waals surface area contributed by atoms with Crippen LogP contribution in [-0.2, 0) is 0 Å². The smallest absolute Gasteiger partial charge is 0.269 e. The molecule has 0 aliphatic carbocycles. The fraction of sp³-hybridized carbons (Fsp3) is 0.556. The minimum Gasteiger partial charge on any atom is -0.354 e. The van der Waals surface area contributed by atoms with Crippen LogP contribution >= 0.6 is 0 Å². The van der Waals surface area contributed by atoms with Crippen molar-refractivity contribution in [1.29, 1.82) is 0 Å². The lowest BCUT2D eigenvalue weighted by molar-refractivity contribution is 0.0950. The van der Waals surface area contributed by atoms with Gasteiger partial charge in [-0.05, 0) is 26.8 Å². The summed E-state index contributed by atoms with van der Waals surface area (Å²) in [5.41, 5.74) is 1.49. The third kappa shape index (κ3) is 1.88. The summed E-state index contributed by atoms with van der Waals surface area (Å²) in [5, 5.41) is 6.83. The van der Waals surface area contributed by atoms with Crippen LogP contribution in [0.15, 0.2) is 6.07 Å². The van der Waals surface area contributed by atoms with Gasteiger partial charge in [0.25, 0.3) is 5.91 Å². The number of nitrogens with one attached hydrogen (secondary N) is 1. The van der Waals surface area contributed by atoms with Gasteiger partial charge in [0.2, 0.25) is 0 Å². The van der Waals surface area contributed by atoms with Crippen LogP contribution in [0.2, 0.25) is 0 Å². The second-order valence-corrected chi connectivity index (χ2v) is 3.29. The van der Waals surface area contributed by atoms with Crippen molar-refractivity contribution in [3.63, 3.8) is 0 Å². The Morgan fingerprint density at radius 2 is 2.23 bits per heavy atom. The van der Waals surface area contributed by atoms with Gasteiger partial charge in [-0.2, -0.15) is 5.10 Å². The first-order valence-electron chi connectivity index (χ1n) is 4.34. The van der Waals surface area contributed by atoms with Crippen molar-refractivity contribution in [2.75, 3.05) is 7.05 Å². The molecule has 0 radical (unpaired) electrons. The maximum absolute atomic E-state index is 11.4. The number of rotatable bonds is 2. The van der Waals surface area contributed by atoms with Gasteiger partial charge in [-0.3, -0.25) is 9.48 Å². The Morgan fingerprint density at radius 1 is 1.62 bits per heavy atom. The monoisotopic (exact) mass is 181 g/mol. The molecule has 0 fully saturated rings. The fourth-order valence-electron chi connectivity index (χ4n) is 1.21. The molecule has 0 aromatic carbocycles. The van der Waals surface area contributed by atoms with E-state index in [1.165, 1.54) is 0 Å². The molecule has 4 heteroatoms. The second kappa shape index (κ2) is 3.60. The van der Waals surface area contributed by atoms with Crippen LogP contribution < -0.4 is 5.32 Å². The third-order valence-corrected chi connectivity index (χ3v) is 1.81. The van der Waals surface area contributed by atoms with Crippen molar-refractivity contribution in [2.24, 2.45) is 0 Å². The van der Waals surface area contributed by atoms with Crippen LogP contribution in [0.25, 0.3) is 0 Å². The minimum absolute atomic E-state index is 0.0886. The average molecular weight is 181 g/mol. The molecule has 1 rings (SSSR count). The molecule has 0 atom stereocenters. The van der Waals surface area contributed by atoms with Crippen LogP contribution in [0.3, 0.4) is 0 Å². The second-order valence-electron chi connectivity index (χ2n) is 3.29. The molecule has 1 aromatic rings. The Kier molecular flexibility index (Phi) is 2.70. The summed E-state index contributed by atoms with van der Waals surface area (Å²) in [6.07, 6.45) is 0. The van der Waals surface area contributed by atoms with E-state index in [-0.39, 0.29) is 11.9 Å². The number of carbonyl (C=O) groups excluding carboxylic acids is 1. The standard InChI is InChI=1S/C9H15N3O/c1-6(2)12-8(9(13)10-4)5-7(3)11-12/h5-6H,1-4H3,(H,10,13). The molecule has 0 aliphatic rings. The molecule has 4 nitrogen and oxygen atoms in total. The molecule has 72 valence electrons. The number of nitrogens with zero attached hydrogens (tertiary/aromatic N) is 2. The molecule has 1 amide bonds. The molecule has 1 heterocycles. The zero-order chi connectivity index (χ0) is 10.0. The predicted molar refractivity (Wildman–Crippen MR) is 50.7 cm³/mol. The molecular weight excluding hydrogens is 166 g/mol. The van der Waals surface area contributed by atoms with E-state index in [0.29, 0.717) is 5.69 Å². The topological polar surface area (TPSA) is 46.9 Å². The first kappa shape index (κ1) is 9.77.